The van der Waals surface area contributed by atoms with E-state index in [1.165, 1.54) is 26.3 Å². The monoisotopic (exact) mass is 185 g/mol. The summed E-state index contributed by atoms with van der Waals surface area (Å²) in [5, 5.41) is 0. The Balaban J connectivity index is 3.81. The van der Waals surface area contributed by atoms with Gasteiger partial charge in [-0.1, -0.05) is 19.6 Å². The Hall–Kier alpha value is -1.32. The second-order valence-electron chi connectivity index (χ2n) is 2.29. The summed E-state index contributed by atoms with van der Waals surface area (Å²) in [5.74, 6) is -1.11. The third-order valence-electron chi connectivity index (χ3n) is 1.20. The normalized spacial score (nSPS) is 11.5. The molecule has 0 fully saturated rings. The quantitative estimate of drug-likeness (QED) is 0.471. The zero-order valence-electron chi connectivity index (χ0n) is 7.78. The zero-order chi connectivity index (χ0) is 10.3. The van der Waals surface area contributed by atoms with E-state index in [0.29, 0.717) is 0 Å². The van der Waals surface area contributed by atoms with Gasteiger partial charge in [-0.15, -0.1) is 0 Å². The molecule has 13 heavy (non-hydrogen) atoms. The lowest BCUT2D eigenvalue weighted by Crippen LogP contribution is -2.26. The molecule has 1 atom stereocenters. The van der Waals surface area contributed by atoms with Gasteiger partial charge < -0.3 is 9.47 Å². The van der Waals surface area contributed by atoms with Gasteiger partial charge in [0, 0.05) is 0 Å². The van der Waals surface area contributed by atoms with E-state index in [9.17, 15) is 9.59 Å². The number of rotatable bonds is 5. The van der Waals surface area contributed by atoms with E-state index < -0.39 is 18.0 Å². The second-order valence-corrected chi connectivity index (χ2v) is 2.29. The molecule has 0 aromatic rings. The summed E-state index contributed by atoms with van der Waals surface area (Å²) in [4.78, 5) is 21.7. The Labute approximate surface area is 77.5 Å². The maximum atomic E-state index is 11.0. The molecule has 0 saturated carbocycles. The Bertz CT molecular complexity index is 198. The van der Waals surface area contributed by atoms with Gasteiger partial charge in [0.15, 0.2) is 6.10 Å². The van der Waals surface area contributed by atoms with Crippen molar-refractivity contribution < 1.29 is 19.1 Å². The Morgan fingerprint density at radius 1 is 1.54 bits per heavy atom. The molecule has 0 aromatic heterocycles. The molecule has 0 amide bonds. The molecular formula is C9H13O4. The molecule has 0 unspecified atom stereocenters. The first kappa shape index (κ1) is 11.7. The van der Waals surface area contributed by atoms with Crippen molar-refractivity contribution in [3.05, 3.63) is 19.1 Å². The Morgan fingerprint density at radius 3 is 2.62 bits per heavy atom. The number of carbonyl (C=O) groups is 2. The maximum Gasteiger partial charge on any atom is 0.347 e. The van der Waals surface area contributed by atoms with Crippen LogP contribution < -0.4 is 0 Å². The second kappa shape index (κ2) is 6.22. The minimum absolute atomic E-state index is 0.122. The predicted octanol–water partition coefficient (Wildman–Crippen LogP) is 0.871. The molecule has 0 aliphatic carbocycles. The third-order valence-corrected chi connectivity index (χ3v) is 1.20. The number of hydrogen-bond donors (Lipinski definition) is 0. The van der Waals surface area contributed by atoms with Gasteiger partial charge in [0.25, 0.3) is 0 Å². The van der Waals surface area contributed by atoms with Gasteiger partial charge in [-0.3, -0.25) is 4.79 Å². The van der Waals surface area contributed by atoms with Gasteiger partial charge in [0.1, 0.15) is 6.61 Å². The summed E-state index contributed by atoms with van der Waals surface area (Å²) in [6, 6.07) is 0. The van der Waals surface area contributed by atoms with Gasteiger partial charge in [-0.2, -0.15) is 0 Å². The maximum absolute atomic E-state index is 11.0. The van der Waals surface area contributed by atoms with Crippen molar-refractivity contribution in [2.24, 2.45) is 0 Å². The van der Waals surface area contributed by atoms with Gasteiger partial charge in [-0.25, -0.2) is 4.79 Å². The first-order valence-corrected chi connectivity index (χ1v) is 3.89. The van der Waals surface area contributed by atoms with Gasteiger partial charge >= 0.3 is 11.9 Å². The van der Waals surface area contributed by atoms with Crippen molar-refractivity contribution in [1.29, 1.82) is 0 Å². The molecule has 0 saturated heterocycles. The standard InChI is InChI=1S/C9H13O4/c1-4-6-12-9(11)7(3)13-8(10)5-2/h4-5,7H,1,6H2,2-3H3/t7-/m0/s1. The van der Waals surface area contributed by atoms with Crippen LogP contribution in [-0.2, 0) is 19.1 Å². The summed E-state index contributed by atoms with van der Waals surface area (Å²) in [6.45, 7) is 6.48. The van der Waals surface area contributed by atoms with Crippen molar-refractivity contribution in [2.45, 2.75) is 20.0 Å². The summed E-state index contributed by atoms with van der Waals surface area (Å²) >= 11 is 0. The molecule has 1 radical (unpaired) electrons. The van der Waals surface area contributed by atoms with Crippen LogP contribution in [-0.4, -0.2) is 24.6 Å². The summed E-state index contributed by atoms with van der Waals surface area (Å²) in [5.41, 5.74) is 0. The molecule has 4 nitrogen and oxygen atoms in total. The van der Waals surface area contributed by atoms with Crippen molar-refractivity contribution in [3.8, 4) is 0 Å². The highest BCUT2D eigenvalue weighted by atomic mass is 16.6. The van der Waals surface area contributed by atoms with E-state index in [1.54, 1.807) is 0 Å². The summed E-state index contributed by atoms with van der Waals surface area (Å²) in [7, 11) is 0. The molecule has 0 heterocycles. The first-order valence-electron chi connectivity index (χ1n) is 3.89. The average Bonchev–Trinajstić information content (AvgIpc) is 2.13. The van der Waals surface area contributed by atoms with E-state index in [4.69, 9.17) is 0 Å². The van der Waals surface area contributed by atoms with Crippen molar-refractivity contribution >= 4 is 11.9 Å². The van der Waals surface area contributed by atoms with Gasteiger partial charge in [0.2, 0.25) is 0 Å². The van der Waals surface area contributed by atoms with Crippen LogP contribution in [0.3, 0.4) is 0 Å². The van der Waals surface area contributed by atoms with Crippen LogP contribution >= 0.6 is 0 Å². The fourth-order valence-electron chi connectivity index (χ4n) is 0.549. The number of esters is 2. The molecule has 0 aliphatic rings. The van der Waals surface area contributed by atoms with Crippen LogP contribution in [0, 0.1) is 6.42 Å². The molecule has 73 valence electrons. The van der Waals surface area contributed by atoms with E-state index >= 15 is 0 Å². The third kappa shape index (κ3) is 5.00. The number of carbonyl (C=O) groups excluding carboxylic acids is 2. The smallest absolute Gasteiger partial charge is 0.347 e. The highest BCUT2D eigenvalue weighted by Crippen LogP contribution is 1.96. The average molecular weight is 185 g/mol. The molecule has 0 aliphatic heterocycles. The lowest BCUT2D eigenvalue weighted by molar-refractivity contribution is -0.163. The van der Waals surface area contributed by atoms with E-state index in [1.807, 2.05) is 0 Å². The van der Waals surface area contributed by atoms with Crippen LogP contribution in [0.1, 0.15) is 13.8 Å². The Kier molecular flexibility index (Phi) is 5.59. The topological polar surface area (TPSA) is 52.6 Å². The fourth-order valence-corrected chi connectivity index (χ4v) is 0.549. The Morgan fingerprint density at radius 2 is 2.15 bits per heavy atom. The van der Waals surface area contributed by atoms with Crippen molar-refractivity contribution in [2.75, 3.05) is 6.61 Å². The van der Waals surface area contributed by atoms with E-state index in [2.05, 4.69) is 16.1 Å². The number of hydrogen-bond acceptors (Lipinski definition) is 4. The molecular weight excluding hydrogens is 172 g/mol. The summed E-state index contributed by atoms with van der Waals surface area (Å²) in [6.07, 6.45) is 1.80. The van der Waals surface area contributed by atoms with E-state index in [-0.39, 0.29) is 6.61 Å². The lowest BCUT2D eigenvalue weighted by Gasteiger charge is -2.10. The molecule has 4 heteroatoms. The van der Waals surface area contributed by atoms with Crippen LogP contribution in [0.5, 0.6) is 0 Å². The minimum atomic E-state index is -0.872. The molecule has 0 rings (SSSR count). The molecule has 0 aromatic carbocycles. The van der Waals surface area contributed by atoms with Crippen LogP contribution in [0.2, 0.25) is 0 Å². The van der Waals surface area contributed by atoms with Gasteiger partial charge in [0.05, 0.1) is 6.42 Å². The van der Waals surface area contributed by atoms with E-state index in [0.717, 1.165) is 0 Å². The van der Waals surface area contributed by atoms with Crippen LogP contribution in [0.4, 0.5) is 0 Å². The largest absolute Gasteiger partial charge is 0.459 e. The molecule has 0 N–H and O–H groups in total. The predicted molar refractivity (Wildman–Crippen MR) is 46.7 cm³/mol. The number of ether oxygens (including phenoxy) is 2. The molecule has 0 spiro atoms. The lowest BCUT2D eigenvalue weighted by atomic mass is 10.4. The highest BCUT2D eigenvalue weighted by Gasteiger charge is 2.17. The van der Waals surface area contributed by atoms with Crippen LogP contribution in [0.25, 0.3) is 0 Å². The SMILES string of the molecule is C=CCOC(=O)[C@H](C)OC(=O)[CH]C. The van der Waals surface area contributed by atoms with Crippen molar-refractivity contribution in [3.63, 3.8) is 0 Å². The first-order chi connectivity index (χ1) is 6.11. The molecule has 0 bridgehead atoms. The minimum Gasteiger partial charge on any atom is -0.459 e. The zero-order valence-corrected chi connectivity index (χ0v) is 7.78. The van der Waals surface area contributed by atoms with Gasteiger partial charge in [-0.05, 0) is 6.92 Å². The highest BCUT2D eigenvalue weighted by molar-refractivity contribution is 5.82. The summed E-state index contributed by atoms with van der Waals surface area (Å²) < 4.78 is 9.31. The van der Waals surface area contributed by atoms with Crippen LogP contribution in [0.15, 0.2) is 12.7 Å². The fraction of sp³-hybridized carbons (Fsp3) is 0.444. The van der Waals surface area contributed by atoms with Crippen molar-refractivity contribution in [1.82, 2.24) is 0 Å².